The van der Waals surface area contributed by atoms with Gasteiger partial charge in [0.1, 0.15) is 16.7 Å². The van der Waals surface area contributed by atoms with Gasteiger partial charge in [-0.05, 0) is 132 Å². The van der Waals surface area contributed by atoms with Crippen LogP contribution in [0.4, 0.5) is 22.7 Å². The molecule has 0 aromatic heterocycles. The van der Waals surface area contributed by atoms with E-state index in [2.05, 4.69) is 115 Å². The highest BCUT2D eigenvalue weighted by Gasteiger charge is 2.46. The Morgan fingerprint density at radius 3 is 1.93 bits per heavy atom. The van der Waals surface area contributed by atoms with E-state index in [9.17, 15) is 25.9 Å². The summed E-state index contributed by atoms with van der Waals surface area (Å²) >= 11 is 0. The molecule has 13 heteroatoms. The Morgan fingerprint density at radius 2 is 1.31 bits per heavy atom. The van der Waals surface area contributed by atoms with E-state index in [0.717, 1.165) is 91.1 Å². The van der Waals surface area contributed by atoms with Gasteiger partial charge in [-0.1, -0.05) is 80.6 Å². The molecule has 350 valence electrons. The second kappa shape index (κ2) is 18.0. The number of hydrogen-bond acceptors (Lipinski definition) is 9. The molecular formula is C55H55N3O8S2. The first-order chi connectivity index (χ1) is 32.4. The van der Waals surface area contributed by atoms with Crippen LogP contribution < -0.4 is 9.80 Å². The maximum absolute atomic E-state index is 12.1. The fourth-order valence-electron chi connectivity index (χ4n) is 10.6. The molecule has 9 rings (SSSR count). The predicted octanol–water partition coefficient (Wildman–Crippen LogP) is 10.9. The number of methoxy groups -OCH3 is 2. The second-order valence-electron chi connectivity index (χ2n) is 18.5. The van der Waals surface area contributed by atoms with Crippen LogP contribution in [0.5, 0.6) is 0 Å². The zero-order valence-corrected chi connectivity index (χ0v) is 40.7. The molecule has 11 nitrogen and oxygen atoms in total. The molecule has 0 saturated carbocycles. The number of benzene rings is 6. The molecule has 6 aromatic rings. The van der Waals surface area contributed by atoms with Crippen LogP contribution in [0, 0.1) is 0 Å². The quantitative estimate of drug-likeness (QED) is 0.0829. The van der Waals surface area contributed by atoms with Crippen LogP contribution in [0.2, 0.25) is 0 Å². The van der Waals surface area contributed by atoms with Crippen molar-refractivity contribution in [3.8, 4) is 0 Å². The minimum absolute atomic E-state index is 0.144. The maximum Gasteiger partial charge on any atom is 0.294 e. The van der Waals surface area contributed by atoms with Crippen LogP contribution in [-0.2, 0) is 40.5 Å². The van der Waals surface area contributed by atoms with Gasteiger partial charge in [0.05, 0.1) is 27.5 Å². The minimum atomic E-state index is -4.64. The smallest absolute Gasteiger partial charge is 0.294 e. The van der Waals surface area contributed by atoms with Crippen LogP contribution in [0.25, 0.3) is 21.5 Å². The predicted molar refractivity (Wildman–Crippen MR) is 269 cm³/mol. The number of para-hydroxylation sites is 2. The van der Waals surface area contributed by atoms with Gasteiger partial charge in [0.15, 0.2) is 12.3 Å². The van der Waals surface area contributed by atoms with Gasteiger partial charge >= 0.3 is 0 Å². The molecule has 6 aromatic carbocycles. The summed E-state index contributed by atoms with van der Waals surface area (Å²) < 4.78 is 83.8. The highest BCUT2D eigenvalue weighted by molar-refractivity contribution is 7.86. The van der Waals surface area contributed by atoms with Crippen molar-refractivity contribution < 1.29 is 40.0 Å². The van der Waals surface area contributed by atoms with Gasteiger partial charge in [-0.2, -0.15) is 13.0 Å². The topological polar surface area (TPSA) is 140 Å². The van der Waals surface area contributed by atoms with Crippen LogP contribution in [0.1, 0.15) is 51.7 Å². The first-order valence-electron chi connectivity index (χ1n) is 22.7. The van der Waals surface area contributed by atoms with E-state index in [-0.39, 0.29) is 9.79 Å². The lowest BCUT2D eigenvalue weighted by molar-refractivity contribution is -0.441. The van der Waals surface area contributed by atoms with Crippen molar-refractivity contribution >= 4 is 70.2 Å². The summed E-state index contributed by atoms with van der Waals surface area (Å²) in [5.74, 6) is 0. The molecule has 0 fully saturated rings. The summed E-state index contributed by atoms with van der Waals surface area (Å²) in [6.45, 7) is 10.9. The molecule has 0 radical (unpaired) electrons. The molecule has 2 aliphatic heterocycles. The molecule has 0 bridgehead atoms. The summed E-state index contributed by atoms with van der Waals surface area (Å²) in [5.41, 5.74) is 10.6. The molecular weight excluding hydrogens is 895 g/mol. The molecule has 1 aliphatic carbocycles. The third-order valence-electron chi connectivity index (χ3n) is 13.7. The van der Waals surface area contributed by atoms with Crippen molar-refractivity contribution in [1.29, 1.82) is 0 Å². The van der Waals surface area contributed by atoms with Crippen LogP contribution in [0.15, 0.2) is 178 Å². The van der Waals surface area contributed by atoms with E-state index >= 15 is 0 Å². The molecule has 0 amide bonds. The number of nitrogens with zero attached hydrogens (tertiary/aromatic N) is 3. The Balaban J connectivity index is 1.21. The van der Waals surface area contributed by atoms with E-state index in [1.165, 1.54) is 24.3 Å². The Morgan fingerprint density at radius 1 is 0.706 bits per heavy atom. The Kier molecular flexibility index (Phi) is 12.4. The summed E-state index contributed by atoms with van der Waals surface area (Å²) in [5, 5.41) is 3.21. The van der Waals surface area contributed by atoms with Crippen molar-refractivity contribution in [2.45, 2.75) is 61.2 Å². The van der Waals surface area contributed by atoms with E-state index in [1.807, 2.05) is 36.4 Å². The van der Waals surface area contributed by atoms with Crippen molar-refractivity contribution in [2.75, 3.05) is 50.3 Å². The van der Waals surface area contributed by atoms with E-state index < -0.39 is 31.1 Å². The largest absolute Gasteiger partial charge is 0.744 e. The number of hydrogen-bond donors (Lipinski definition) is 1. The van der Waals surface area contributed by atoms with Gasteiger partial charge in [-0.25, -0.2) is 8.42 Å². The van der Waals surface area contributed by atoms with E-state index in [0.29, 0.717) is 31.7 Å². The SMILES string of the molecule is COCCN1/C(=C\C=C2/CCC(/C=C/C3=[N+](CCOC)c4ccc5cc(S(=O)(=O)O)ccc5c4C3(C)C)=C2N(c2ccccc2)c2ccccc2)C(C)(C)c2c1ccc1cc(S(=O)(=O)[O-])ccc21. The third-order valence-corrected chi connectivity index (χ3v) is 15.3. The molecule has 2 heterocycles. The van der Waals surface area contributed by atoms with Crippen LogP contribution in [-0.4, -0.2) is 76.8 Å². The van der Waals surface area contributed by atoms with Crippen molar-refractivity contribution in [2.24, 2.45) is 0 Å². The number of fused-ring (bicyclic) bond motifs is 6. The molecule has 0 spiro atoms. The lowest BCUT2D eigenvalue weighted by atomic mass is 9.79. The van der Waals surface area contributed by atoms with Crippen LogP contribution >= 0.6 is 0 Å². The molecule has 1 N–H and O–H groups in total. The van der Waals surface area contributed by atoms with E-state index in [4.69, 9.17) is 9.47 Å². The lowest BCUT2D eigenvalue weighted by Crippen LogP contribution is -2.29. The lowest BCUT2D eigenvalue weighted by Gasteiger charge is -2.29. The Labute approximate surface area is 399 Å². The molecule has 3 aliphatic rings. The highest BCUT2D eigenvalue weighted by Crippen LogP contribution is 2.52. The van der Waals surface area contributed by atoms with Gasteiger partial charge in [0.25, 0.3) is 10.1 Å². The van der Waals surface area contributed by atoms with Crippen molar-refractivity contribution in [3.05, 3.63) is 179 Å². The molecule has 0 atom stereocenters. The first kappa shape index (κ1) is 46.9. The third kappa shape index (κ3) is 8.41. The van der Waals surface area contributed by atoms with Gasteiger partial charge in [0.2, 0.25) is 5.69 Å². The average molecular weight is 950 g/mol. The minimum Gasteiger partial charge on any atom is -0.744 e. The summed E-state index contributed by atoms with van der Waals surface area (Å²) in [6.07, 6.45) is 10.5. The monoisotopic (exact) mass is 949 g/mol. The fraction of sp³-hybridized carbons (Fsp3) is 0.255. The summed E-state index contributed by atoms with van der Waals surface area (Å²) in [7, 11) is -5.64. The summed E-state index contributed by atoms with van der Waals surface area (Å²) in [4.78, 5) is 4.23. The Bertz CT molecular complexity index is 3330. The fourth-order valence-corrected chi connectivity index (χ4v) is 11.6. The normalized spacial score (nSPS) is 18.0. The highest BCUT2D eigenvalue weighted by atomic mass is 32.2. The number of anilines is 3. The van der Waals surface area contributed by atoms with Gasteiger partial charge in [-0.3, -0.25) is 4.55 Å². The standard InChI is InChI=1S/C55H55N3O8S2/c1-54(2)49(56(31-33-65-5)47-27-19-39-35-43(67(59,60)61)23-25-45(39)51(47)54)29-21-37-17-18-38(53(37)58(41-13-9-7-10-14-41)42-15-11-8-12-16-42)22-30-50-55(3,4)52-46-26-24-44(68(62,63)64)36-40(46)20-28-48(52)57(50)32-34-66-6/h7-16,19-30,35-36H,17-18,31-34H2,1-6H3,(H-,59,60,61,62,63,64). The first-order valence-corrected chi connectivity index (χ1v) is 25.5. The molecule has 0 unspecified atom stereocenters. The van der Waals surface area contributed by atoms with Crippen molar-refractivity contribution in [1.82, 2.24) is 0 Å². The number of rotatable bonds is 14. The van der Waals surface area contributed by atoms with Gasteiger partial charge in [0, 0.05) is 66.6 Å². The maximum atomic E-state index is 12.1. The van der Waals surface area contributed by atoms with Crippen LogP contribution in [0.3, 0.4) is 0 Å². The average Bonchev–Trinajstić information content (AvgIpc) is 3.88. The van der Waals surface area contributed by atoms with E-state index in [1.54, 1.807) is 26.4 Å². The second-order valence-corrected chi connectivity index (χ2v) is 21.3. The summed E-state index contributed by atoms with van der Waals surface area (Å²) in [6, 6.07) is 38.0. The molecule has 68 heavy (non-hydrogen) atoms. The number of allylic oxidation sites excluding steroid dienone is 7. The number of ether oxygens (including phenoxy) is 2. The zero-order valence-electron chi connectivity index (χ0n) is 39.1. The van der Waals surface area contributed by atoms with Gasteiger partial charge < -0.3 is 23.8 Å². The zero-order chi connectivity index (χ0) is 48.2. The van der Waals surface area contributed by atoms with Gasteiger partial charge in [-0.15, -0.1) is 0 Å². The molecule has 0 saturated heterocycles. The Hall–Kier alpha value is -6.19. The van der Waals surface area contributed by atoms with Crippen molar-refractivity contribution in [3.63, 3.8) is 0 Å².